The molecule has 1 aliphatic rings. The van der Waals surface area contributed by atoms with Crippen molar-refractivity contribution < 1.29 is 4.79 Å². The maximum atomic E-state index is 12.2. The molecule has 1 aliphatic heterocycles. The second-order valence-corrected chi connectivity index (χ2v) is 4.89. The van der Waals surface area contributed by atoms with E-state index in [4.69, 9.17) is 0 Å². The van der Waals surface area contributed by atoms with E-state index in [-0.39, 0.29) is 11.9 Å². The first-order valence-corrected chi connectivity index (χ1v) is 6.23. The minimum Gasteiger partial charge on any atom is -0.344 e. The number of hydrogen-bond acceptors (Lipinski definition) is 3. The molecular formula is C12H25N3O. The largest absolute Gasteiger partial charge is 0.344 e. The highest BCUT2D eigenvalue weighted by Gasteiger charge is 2.32. The van der Waals surface area contributed by atoms with Crippen LogP contribution < -0.4 is 5.32 Å². The highest BCUT2D eigenvalue weighted by Crippen LogP contribution is 2.14. The van der Waals surface area contributed by atoms with E-state index in [0.717, 1.165) is 32.6 Å². The van der Waals surface area contributed by atoms with Gasteiger partial charge in [0.1, 0.15) is 6.04 Å². The van der Waals surface area contributed by atoms with Gasteiger partial charge in [-0.1, -0.05) is 13.8 Å². The molecule has 0 aromatic heterocycles. The van der Waals surface area contributed by atoms with Gasteiger partial charge in [0.05, 0.1) is 0 Å². The zero-order valence-electron chi connectivity index (χ0n) is 11.0. The lowest BCUT2D eigenvalue weighted by Gasteiger charge is -2.29. The number of carbonyl (C=O) groups is 1. The van der Waals surface area contributed by atoms with Gasteiger partial charge in [-0.2, -0.15) is 0 Å². The molecule has 0 spiro atoms. The molecule has 1 fully saturated rings. The molecule has 4 nitrogen and oxygen atoms in total. The van der Waals surface area contributed by atoms with E-state index in [1.165, 1.54) is 0 Å². The lowest BCUT2D eigenvalue weighted by atomic mass is 10.1. The van der Waals surface area contributed by atoms with Crippen LogP contribution in [0.15, 0.2) is 0 Å². The van der Waals surface area contributed by atoms with E-state index in [0.29, 0.717) is 5.92 Å². The third-order valence-electron chi connectivity index (χ3n) is 3.14. The number of nitrogens with one attached hydrogen (secondary N) is 1. The van der Waals surface area contributed by atoms with Gasteiger partial charge in [0.25, 0.3) is 0 Å². The van der Waals surface area contributed by atoms with Crippen LogP contribution in [0.1, 0.15) is 20.3 Å². The van der Waals surface area contributed by atoms with Gasteiger partial charge in [0.15, 0.2) is 0 Å². The van der Waals surface area contributed by atoms with E-state index in [1.807, 2.05) is 19.0 Å². The van der Waals surface area contributed by atoms with Crippen molar-refractivity contribution in [2.24, 2.45) is 5.92 Å². The summed E-state index contributed by atoms with van der Waals surface area (Å²) in [5.74, 6) is 0.814. The predicted molar refractivity (Wildman–Crippen MR) is 66.4 cm³/mol. The van der Waals surface area contributed by atoms with Crippen molar-refractivity contribution in [1.29, 1.82) is 0 Å². The Morgan fingerprint density at radius 1 is 1.44 bits per heavy atom. The fourth-order valence-corrected chi connectivity index (χ4v) is 2.50. The van der Waals surface area contributed by atoms with E-state index in [1.54, 1.807) is 0 Å². The summed E-state index contributed by atoms with van der Waals surface area (Å²) < 4.78 is 0. The zero-order valence-corrected chi connectivity index (χ0v) is 11.0. The zero-order chi connectivity index (χ0) is 12.1. The monoisotopic (exact) mass is 227 g/mol. The predicted octanol–water partition coefficient (Wildman–Crippen LogP) is 0.395. The summed E-state index contributed by atoms with van der Waals surface area (Å²) in [7, 11) is 3.82. The molecular weight excluding hydrogens is 202 g/mol. The third kappa shape index (κ3) is 3.19. The maximum absolute atomic E-state index is 12.2. The number of likely N-dealkylation sites (N-methyl/N-ethyl adjacent to an activating group) is 2. The van der Waals surface area contributed by atoms with Crippen LogP contribution in [-0.2, 0) is 4.79 Å². The fraction of sp³-hybridized carbons (Fsp3) is 0.917. The molecule has 0 aromatic carbocycles. The van der Waals surface area contributed by atoms with Crippen LogP contribution in [0.3, 0.4) is 0 Å². The quantitative estimate of drug-likeness (QED) is 0.755. The summed E-state index contributed by atoms with van der Waals surface area (Å²) in [6, 6.07) is 0.0138. The summed E-state index contributed by atoms with van der Waals surface area (Å²) in [6.45, 7) is 8.04. The average Bonchev–Trinajstić information content (AvgIpc) is 2.32. The minimum atomic E-state index is 0.0138. The first-order chi connectivity index (χ1) is 7.60. The van der Waals surface area contributed by atoms with E-state index in [2.05, 4.69) is 24.1 Å². The molecule has 0 aromatic rings. The molecule has 2 unspecified atom stereocenters. The Balaban J connectivity index is 2.80. The summed E-state index contributed by atoms with van der Waals surface area (Å²) >= 11 is 0. The Kier molecular flexibility index (Phi) is 5.22. The van der Waals surface area contributed by atoms with Gasteiger partial charge in [-0.25, -0.2) is 0 Å². The van der Waals surface area contributed by atoms with Crippen molar-refractivity contribution in [3.63, 3.8) is 0 Å². The highest BCUT2D eigenvalue weighted by atomic mass is 16.2. The van der Waals surface area contributed by atoms with Crippen LogP contribution in [0.2, 0.25) is 0 Å². The van der Waals surface area contributed by atoms with Crippen molar-refractivity contribution in [2.45, 2.75) is 26.3 Å². The van der Waals surface area contributed by atoms with Crippen molar-refractivity contribution in [3.05, 3.63) is 0 Å². The summed E-state index contributed by atoms with van der Waals surface area (Å²) in [5.41, 5.74) is 0. The molecule has 1 saturated heterocycles. The van der Waals surface area contributed by atoms with Crippen LogP contribution in [-0.4, -0.2) is 62.0 Å². The van der Waals surface area contributed by atoms with Crippen LogP contribution >= 0.6 is 0 Å². The smallest absolute Gasteiger partial charge is 0.240 e. The van der Waals surface area contributed by atoms with Gasteiger partial charge in [-0.3, -0.25) is 9.69 Å². The number of hydrogen-bond donors (Lipinski definition) is 1. The number of rotatable bonds is 4. The van der Waals surface area contributed by atoms with Crippen molar-refractivity contribution in [2.75, 3.05) is 40.3 Å². The lowest BCUT2D eigenvalue weighted by molar-refractivity contribution is -0.134. The molecule has 0 bridgehead atoms. The van der Waals surface area contributed by atoms with Gasteiger partial charge in [-0.15, -0.1) is 0 Å². The molecule has 16 heavy (non-hydrogen) atoms. The third-order valence-corrected chi connectivity index (χ3v) is 3.14. The minimum absolute atomic E-state index is 0.0138. The topological polar surface area (TPSA) is 35.6 Å². The second-order valence-electron chi connectivity index (χ2n) is 4.89. The van der Waals surface area contributed by atoms with Crippen LogP contribution in [0.25, 0.3) is 0 Å². The van der Waals surface area contributed by atoms with E-state index in [9.17, 15) is 4.79 Å². The molecule has 0 saturated carbocycles. The summed E-state index contributed by atoms with van der Waals surface area (Å²) in [4.78, 5) is 16.4. The number of nitrogens with zero attached hydrogens (tertiary/aromatic N) is 2. The molecule has 4 heteroatoms. The molecule has 94 valence electrons. The molecule has 1 heterocycles. The maximum Gasteiger partial charge on any atom is 0.240 e. The summed E-state index contributed by atoms with van der Waals surface area (Å²) in [6.07, 6.45) is 1.10. The van der Waals surface area contributed by atoms with Crippen molar-refractivity contribution in [3.8, 4) is 0 Å². The van der Waals surface area contributed by atoms with Gasteiger partial charge in [0.2, 0.25) is 5.91 Å². The normalized spacial score (nSPS) is 28.2. The number of amides is 1. The van der Waals surface area contributed by atoms with Crippen LogP contribution in [0.4, 0.5) is 0 Å². The highest BCUT2D eigenvalue weighted by molar-refractivity contribution is 5.82. The first kappa shape index (κ1) is 13.5. The molecule has 1 N–H and O–H groups in total. The van der Waals surface area contributed by atoms with Gasteiger partial charge in [0, 0.05) is 26.7 Å². The Morgan fingerprint density at radius 3 is 2.69 bits per heavy atom. The standard InChI is InChI=1S/C12H25N3O/c1-5-6-15-9-10(2)8-14(4)12(16)11(15)7-13-3/h10-11,13H,5-9H2,1-4H3. The Morgan fingerprint density at radius 2 is 2.12 bits per heavy atom. The van der Waals surface area contributed by atoms with Gasteiger partial charge in [-0.05, 0) is 25.9 Å². The lowest BCUT2D eigenvalue weighted by Crippen LogP contribution is -2.50. The fourth-order valence-electron chi connectivity index (χ4n) is 2.50. The first-order valence-electron chi connectivity index (χ1n) is 6.23. The van der Waals surface area contributed by atoms with Gasteiger partial charge < -0.3 is 10.2 Å². The Hall–Kier alpha value is -0.610. The van der Waals surface area contributed by atoms with E-state index < -0.39 is 0 Å². The molecule has 0 aliphatic carbocycles. The van der Waals surface area contributed by atoms with E-state index >= 15 is 0 Å². The molecule has 1 rings (SSSR count). The second kappa shape index (κ2) is 6.21. The summed E-state index contributed by atoms with van der Waals surface area (Å²) in [5, 5.41) is 3.13. The molecule has 0 radical (unpaired) electrons. The number of carbonyl (C=O) groups excluding carboxylic acids is 1. The van der Waals surface area contributed by atoms with Crippen molar-refractivity contribution >= 4 is 5.91 Å². The van der Waals surface area contributed by atoms with Gasteiger partial charge >= 0.3 is 0 Å². The van der Waals surface area contributed by atoms with Crippen molar-refractivity contribution in [1.82, 2.24) is 15.1 Å². The molecule has 2 atom stereocenters. The Labute approximate surface area is 99.0 Å². The van der Waals surface area contributed by atoms with Crippen LogP contribution in [0, 0.1) is 5.92 Å². The SMILES string of the molecule is CCCN1CC(C)CN(C)C(=O)C1CNC. The molecule has 1 amide bonds. The average molecular weight is 227 g/mol. The van der Waals surface area contributed by atoms with Crippen LogP contribution in [0.5, 0.6) is 0 Å². The Bertz CT molecular complexity index is 232.